The zero-order chi connectivity index (χ0) is 17.3. The highest BCUT2D eigenvalue weighted by atomic mass is 16.5. The molecule has 0 spiro atoms. The van der Waals surface area contributed by atoms with Gasteiger partial charge in [-0.05, 0) is 68.2 Å². The van der Waals surface area contributed by atoms with Crippen molar-refractivity contribution >= 4 is 5.97 Å². The third-order valence-electron chi connectivity index (χ3n) is 4.98. The maximum Gasteiger partial charge on any atom is 0.328 e. The lowest BCUT2D eigenvalue weighted by Gasteiger charge is -2.42. The van der Waals surface area contributed by atoms with Gasteiger partial charge in [-0.1, -0.05) is 32.1 Å². The van der Waals surface area contributed by atoms with Gasteiger partial charge in [0.2, 0.25) is 0 Å². The first kappa shape index (κ1) is 17.7. The number of hydrogen-bond donors (Lipinski definition) is 1. The number of hydrogen-bond acceptors (Lipinski definition) is 2. The van der Waals surface area contributed by atoms with E-state index in [1.54, 1.807) is 13.0 Å². The first-order valence-electron chi connectivity index (χ1n) is 8.31. The minimum absolute atomic E-state index is 0.0146. The molecule has 1 N–H and O–H groups in total. The van der Waals surface area contributed by atoms with Gasteiger partial charge in [-0.15, -0.1) is 0 Å². The van der Waals surface area contributed by atoms with E-state index in [1.807, 2.05) is 12.2 Å². The van der Waals surface area contributed by atoms with Crippen LogP contribution in [0.5, 0.6) is 0 Å². The van der Waals surface area contributed by atoms with E-state index in [9.17, 15) is 4.79 Å². The molecule has 1 fully saturated rings. The number of aliphatic carboxylic acids is 1. The summed E-state index contributed by atoms with van der Waals surface area (Å²) in [4.78, 5) is 10.6. The van der Waals surface area contributed by atoms with Gasteiger partial charge < -0.3 is 9.84 Å². The van der Waals surface area contributed by atoms with Crippen LogP contribution >= 0.6 is 0 Å². The van der Waals surface area contributed by atoms with Crippen molar-refractivity contribution in [1.82, 2.24) is 0 Å². The molecule has 2 aliphatic rings. The van der Waals surface area contributed by atoms with Gasteiger partial charge in [0, 0.05) is 6.08 Å². The predicted octanol–water partition coefficient (Wildman–Crippen LogP) is 4.81. The van der Waals surface area contributed by atoms with Crippen LogP contribution in [-0.4, -0.2) is 22.8 Å². The molecule has 2 rings (SSSR count). The fourth-order valence-corrected chi connectivity index (χ4v) is 3.76. The van der Waals surface area contributed by atoms with Gasteiger partial charge in [0.15, 0.2) is 0 Å². The smallest absolute Gasteiger partial charge is 0.328 e. The van der Waals surface area contributed by atoms with Crippen molar-refractivity contribution in [2.45, 2.75) is 65.6 Å². The quantitative estimate of drug-likeness (QED) is 0.460. The summed E-state index contributed by atoms with van der Waals surface area (Å²) >= 11 is 0. The molecular weight excluding hydrogens is 288 g/mol. The summed E-state index contributed by atoms with van der Waals surface area (Å²) < 4.78 is 6.37. The molecular formula is C20H28O3. The summed E-state index contributed by atoms with van der Waals surface area (Å²) in [6.45, 7) is 10.7. The van der Waals surface area contributed by atoms with Crippen LogP contribution in [0.15, 0.2) is 47.1 Å². The Morgan fingerprint density at radius 2 is 2.00 bits per heavy atom. The number of allylic oxidation sites excluding steroid dienone is 4. The third kappa shape index (κ3) is 4.03. The molecule has 2 atom stereocenters. The molecule has 23 heavy (non-hydrogen) atoms. The second-order valence-electron chi connectivity index (χ2n) is 7.58. The zero-order valence-electron chi connectivity index (χ0n) is 14.8. The van der Waals surface area contributed by atoms with Crippen LogP contribution < -0.4 is 0 Å². The van der Waals surface area contributed by atoms with E-state index in [4.69, 9.17) is 9.84 Å². The molecule has 0 amide bonds. The van der Waals surface area contributed by atoms with Crippen LogP contribution in [0.1, 0.15) is 53.9 Å². The van der Waals surface area contributed by atoms with Crippen LogP contribution in [0.25, 0.3) is 0 Å². The van der Waals surface area contributed by atoms with Gasteiger partial charge >= 0.3 is 5.97 Å². The highest BCUT2D eigenvalue weighted by Crippen LogP contribution is 2.51. The lowest BCUT2D eigenvalue weighted by Crippen LogP contribution is -2.39. The largest absolute Gasteiger partial charge is 0.478 e. The number of carboxylic acid groups (broad SMARTS) is 1. The summed E-state index contributed by atoms with van der Waals surface area (Å²) in [6, 6.07) is 0. The third-order valence-corrected chi connectivity index (χ3v) is 4.98. The predicted molar refractivity (Wildman–Crippen MR) is 93.3 cm³/mol. The Morgan fingerprint density at radius 3 is 2.61 bits per heavy atom. The van der Waals surface area contributed by atoms with Crippen LogP contribution in [-0.2, 0) is 9.53 Å². The van der Waals surface area contributed by atoms with Crippen LogP contribution in [0, 0.1) is 5.41 Å². The van der Waals surface area contributed by atoms with E-state index in [2.05, 4.69) is 33.8 Å². The number of carboxylic acids is 1. The van der Waals surface area contributed by atoms with Crippen molar-refractivity contribution in [3.8, 4) is 0 Å². The second-order valence-corrected chi connectivity index (χ2v) is 7.58. The monoisotopic (exact) mass is 316 g/mol. The molecule has 0 aromatic rings. The van der Waals surface area contributed by atoms with E-state index in [0.717, 1.165) is 12.0 Å². The molecule has 0 saturated heterocycles. The molecule has 1 aliphatic carbocycles. The van der Waals surface area contributed by atoms with Gasteiger partial charge in [-0.25, -0.2) is 4.79 Å². The van der Waals surface area contributed by atoms with Crippen molar-refractivity contribution in [3.05, 3.63) is 47.1 Å². The topological polar surface area (TPSA) is 46.5 Å². The van der Waals surface area contributed by atoms with Gasteiger partial charge in [-0.3, -0.25) is 0 Å². The second kappa shape index (κ2) is 6.48. The van der Waals surface area contributed by atoms with E-state index in [-0.39, 0.29) is 17.1 Å². The van der Waals surface area contributed by atoms with Crippen LogP contribution in [0.3, 0.4) is 0 Å². The lowest BCUT2D eigenvalue weighted by atomic mass is 9.67. The van der Waals surface area contributed by atoms with E-state index in [0.29, 0.717) is 5.57 Å². The molecule has 3 heteroatoms. The minimum Gasteiger partial charge on any atom is -0.478 e. The Morgan fingerprint density at radius 1 is 1.30 bits per heavy atom. The average molecular weight is 316 g/mol. The van der Waals surface area contributed by atoms with E-state index < -0.39 is 5.97 Å². The molecule has 0 bridgehead atoms. The molecule has 0 aromatic carbocycles. The first-order valence-corrected chi connectivity index (χ1v) is 8.31. The lowest BCUT2D eigenvalue weighted by molar-refractivity contribution is -0.131. The fourth-order valence-electron chi connectivity index (χ4n) is 3.76. The maximum absolute atomic E-state index is 10.6. The number of ether oxygens (including phenoxy) is 1. The fraction of sp³-hybridized carbons (Fsp3) is 0.550. The summed E-state index contributed by atoms with van der Waals surface area (Å²) in [5.41, 5.74) is 3.36. The summed E-state index contributed by atoms with van der Waals surface area (Å²) in [6.07, 6.45) is 12.7. The van der Waals surface area contributed by atoms with Crippen molar-refractivity contribution in [2.75, 3.05) is 0 Å². The van der Waals surface area contributed by atoms with Crippen molar-refractivity contribution in [2.24, 2.45) is 5.41 Å². The van der Waals surface area contributed by atoms with Crippen LogP contribution in [0.4, 0.5) is 0 Å². The van der Waals surface area contributed by atoms with Crippen molar-refractivity contribution in [1.29, 1.82) is 0 Å². The average Bonchev–Trinajstić information content (AvgIpc) is 2.77. The number of carbonyl (C=O) groups is 1. The molecule has 1 saturated carbocycles. The molecule has 0 unspecified atom stereocenters. The first-order chi connectivity index (χ1) is 10.6. The van der Waals surface area contributed by atoms with E-state index >= 15 is 0 Å². The maximum atomic E-state index is 10.6. The molecule has 1 aliphatic heterocycles. The Kier molecular flexibility index (Phi) is 5.00. The van der Waals surface area contributed by atoms with Crippen LogP contribution in [0.2, 0.25) is 0 Å². The molecule has 126 valence electrons. The van der Waals surface area contributed by atoms with E-state index in [1.165, 1.54) is 24.5 Å². The standard InChI is InChI=1S/C20H28O3/c1-14(12-18(21)22)8-6-9-15(2)16-13-17-19(3,4)10-7-11-20(17,5)23-16/h6,8-9,12-13,16H,7,10-11H2,1-5H3,(H,21,22)/b8-6+,14-12-,15-9+/t16-,20-/m0/s1. The van der Waals surface area contributed by atoms with Gasteiger partial charge in [0.05, 0.1) is 11.7 Å². The highest BCUT2D eigenvalue weighted by Gasteiger charge is 2.47. The summed E-state index contributed by atoms with van der Waals surface area (Å²) in [5.74, 6) is -0.920. The van der Waals surface area contributed by atoms with Gasteiger partial charge in [-0.2, -0.15) is 0 Å². The highest BCUT2D eigenvalue weighted by molar-refractivity contribution is 5.81. The molecule has 0 aromatic heterocycles. The van der Waals surface area contributed by atoms with Crippen molar-refractivity contribution in [3.63, 3.8) is 0 Å². The Balaban J connectivity index is 2.14. The SMILES string of the molecule is CC(=C/C(=O)O)/C=C/C=C(\C)[C@@H]1C=C2C(C)(C)CCC[C@]2(C)O1. The Hall–Kier alpha value is -1.61. The number of rotatable bonds is 4. The number of fused-ring (bicyclic) bond motifs is 1. The Labute approximate surface area is 139 Å². The summed E-state index contributed by atoms with van der Waals surface area (Å²) in [7, 11) is 0. The molecule has 3 nitrogen and oxygen atoms in total. The molecule has 1 heterocycles. The Bertz CT molecular complexity index is 604. The molecule has 0 radical (unpaired) electrons. The van der Waals surface area contributed by atoms with Crippen molar-refractivity contribution < 1.29 is 14.6 Å². The normalized spacial score (nSPS) is 31.2. The zero-order valence-corrected chi connectivity index (χ0v) is 14.8. The van der Waals surface area contributed by atoms with Gasteiger partial charge in [0.25, 0.3) is 0 Å². The summed E-state index contributed by atoms with van der Waals surface area (Å²) in [5, 5.41) is 8.71. The van der Waals surface area contributed by atoms with Gasteiger partial charge in [0.1, 0.15) is 0 Å². The minimum atomic E-state index is -0.920.